The molecule has 2 heterocycles. The Kier molecular flexibility index (Phi) is 5.26. The number of rotatable bonds is 3. The molecule has 1 amide bonds. The van der Waals surface area contributed by atoms with Crippen molar-refractivity contribution in [3.05, 3.63) is 57.5 Å². The van der Waals surface area contributed by atoms with E-state index in [4.69, 9.17) is 10.1 Å². The molecule has 0 saturated carbocycles. The highest BCUT2D eigenvalue weighted by Crippen LogP contribution is 2.37. The first-order chi connectivity index (χ1) is 13.3. The highest BCUT2D eigenvalue weighted by molar-refractivity contribution is 9.10. The van der Waals surface area contributed by atoms with Gasteiger partial charge in [-0.15, -0.1) is 11.3 Å². The lowest BCUT2D eigenvalue weighted by atomic mass is 10.0. The molecule has 0 spiro atoms. The van der Waals surface area contributed by atoms with E-state index < -0.39 is 10.0 Å². The van der Waals surface area contributed by atoms with Crippen LogP contribution in [-0.2, 0) is 10.0 Å². The fraction of sp³-hybridized carbons (Fsp3) is 0.263. The van der Waals surface area contributed by atoms with Crippen molar-refractivity contribution in [3.8, 4) is 0 Å². The van der Waals surface area contributed by atoms with Crippen LogP contribution in [-0.4, -0.2) is 30.8 Å². The van der Waals surface area contributed by atoms with Gasteiger partial charge in [-0.25, -0.2) is 18.5 Å². The minimum absolute atomic E-state index is 0.0763. The number of aromatic nitrogens is 1. The molecule has 1 unspecified atom stereocenters. The molecule has 0 radical (unpaired) electrons. The quantitative estimate of drug-likeness (QED) is 0.612. The number of benzene rings is 2. The van der Waals surface area contributed by atoms with Crippen LogP contribution < -0.4 is 5.14 Å². The summed E-state index contributed by atoms with van der Waals surface area (Å²) in [6.07, 6.45) is 2.75. The summed E-state index contributed by atoms with van der Waals surface area (Å²) in [5.41, 5.74) is 1.22. The maximum absolute atomic E-state index is 13.3. The fourth-order valence-electron chi connectivity index (χ4n) is 3.46. The Morgan fingerprint density at radius 1 is 1.21 bits per heavy atom. The number of likely N-dealkylation sites (tertiary alicyclic amines) is 1. The molecule has 1 aliphatic heterocycles. The number of primary sulfonamides is 1. The number of para-hydroxylation sites is 1. The lowest BCUT2D eigenvalue weighted by molar-refractivity contribution is 0.0610. The van der Waals surface area contributed by atoms with Crippen LogP contribution in [0.25, 0.3) is 10.2 Å². The van der Waals surface area contributed by atoms with Gasteiger partial charge in [0.2, 0.25) is 10.0 Å². The molecule has 28 heavy (non-hydrogen) atoms. The molecule has 1 aliphatic rings. The lowest BCUT2D eigenvalue weighted by Gasteiger charge is -2.34. The molecule has 1 saturated heterocycles. The van der Waals surface area contributed by atoms with E-state index in [0.717, 1.165) is 34.5 Å². The Labute approximate surface area is 175 Å². The summed E-state index contributed by atoms with van der Waals surface area (Å²) in [6, 6.07) is 12.1. The molecule has 9 heteroatoms. The molecule has 4 rings (SSSR count). The van der Waals surface area contributed by atoms with Crippen LogP contribution in [0.5, 0.6) is 0 Å². The van der Waals surface area contributed by atoms with Gasteiger partial charge in [0, 0.05) is 11.0 Å². The zero-order valence-corrected chi connectivity index (χ0v) is 18.1. The van der Waals surface area contributed by atoms with Crippen molar-refractivity contribution in [1.29, 1.82) is 0 Å². The molecule has 6 nitrogen and oxygen atoms in total. The van der Waals surface area contributed by atoms with E-state index in [1.807, 2.05) is 24.3 Å². The molecular formula is C19H18BrN3O3S2. The van der Waals surface area contributed by atoms with Gasteiger partial charge in [-0.1, -0.05) is 12.1 Å². The number of thiazole rings is 1. The van der Waals surface area contributed by atoms with E-state index in [1.165, 1.54) is 12.1 Å². The summed E-state index contributed by atoms with van der Waals surface area (Å²) in [4.78, 5) is 19.8. The van der Waals surface area contributed by atoms with Crippen LogP contribution in [0, 0.1) is 0 Å². The van der Waals surface area contributed by atoms with Crippen molar-refractivity contribution in [1.82, 2.24) is 9.88 Å². The number of amides is 1. The third-order valence-corrected chi connectivity index (χ3v) is 7.60. The molecule has 1 fully saturated rings. The van der Waals surface area contributed by atoms with Gasteiger partial charge in [-0.3, -0.25) is 4.79 Å². The monoisotopic (exact) mass is 479 g/mol. The first-order valence-electron chi connectivity index (χ1n) is 8.83. The number of nitrogens with two attached hydrogens (primary N) is 1. The highest BCUT2D eigenvalue weighted by Gasteiger charge is 2.32. The number of fused-ring (bicyclic) bond motifs is 1. The van der Waals surface area contributed by atoms with E-state index in [9.17, 15) is 13.2 Å². The molecular weight excluding hydrogens is 462 g/mol. The molecule has 2 N–H and O–H groups in total. The van der Waals surface area contributed by atoms with Crippen LogP contribution in [0.4, 0.5) is 0 Å². The van der Waals surface area contributed by atoms with Crippen molar-refractivity contribution < 1.29 is 13.2 Å². The summed E-state index contributed by atoms with van der Waals surface area (Å²) < 4.78 is 25.1. The number of hydrogen-bond donors (Lipinski definition) is 1. The molecule has 0 bridgehead atoms. The summed E-state index contributed by atoms with van der Waals surface area (Å²) in [6.45, 7) is 0.603. The lowest BCUT2D eigenvalue weighted by Crippen LogP contribution is -2.38. The predicted molar refractivity (Wildman–Crippen MR) is 113 cm³/mol. The van der Waals surface area contributed by atoms with Crippen molar-refractivity contribution in [2.45, 2.75) is 30.2 Å². The second-order valence-corrected chi connectivity index (χ2v) is 10.2. The second-order valence-electron chi connectivity index (χ2n) is 6.72. The van der Waals surface area contributed by atoms with Crippen molar-refractivity contribution in [3.63, 3.8) is 0 Å². The number of carbonyl (C=O) groups is 1. The maximum atomic E-state index is 13.3. The van der Waals surface area contributed by atoms with Crippen LogP contribution in [0.3, 0.4) is 0 Å². The topological polar surface area (TPSA) is 93.4 Å². The number of piperidine rings is 1. The summed E-state index contributed by atoms with van der Waals surface area (Å²) in [5.74, 6) is -0.221. The zero-order chi connectivity index (χ0) is 19.9. The number of carbonyl (C=O) groups excluding carboxylic acids is 1. The third kappa shape index (κ3) is 3.71. The van der Waals surface area contributed by atoms with Gasteiger partial charge >= 0.3 is 0 Å². The molecule has 3 aromatic rings. The first kappa shape index (κ1) is 19.5. The summed E-state index contributed by atoms with van der Waals surface area (Å²) in [7, 11) is -3.89. The van der Waals surface area contributed by atoms with Gasteiger partial charge in [0.1, 0.15) is 5.01 Å². The molecule has 0 aliphatic carbocycles. The number of sulfonamides is 1. The van der Waals surface area contributed by atoms with Crippen molar-refractivity contribution >= 4 is 53.4 Å². The van der Waals surface area contributed by atoms with E-state index >= 15 is 0 Å². The highest BCUT2D eigenvalue weighted by atomic mass is 79.9. The molecule has 146 valence electrons. The standard InChI is InChI=1S/C19H18BrN3O3S2/c20-14-9-8-12(28(21,25)26)11-13(14)19(24)23-10-4-3-6-16(23)18-22-15-5-1-2-7-17(15)27-18/h1-2,5,7-9,11,16H,3-4,6,10H2,(H2,21,25,26). The minimum atomic E-state index is -3.89. The molecule has 1 aromatic heterocycles. The molecule has 1 atom stereocenters. The van der Waals surface area contributed by atoms with Crippen LogP contribution in [0.1, 0.15) is 40.7 Å². The smallest absolute Gasteiger partial charge is 0.255 e. The SMILES string of the molecule is NS(=O)(=O)c1ccc(Br)c(C(=O)N2CCCCC2c2nc3ccccc3s2)c1. The number of nitrogens with zero attached hydrogens (tertiary/aromatic N) is 2. The Hall–Kier alpha value is -1.81. The minimum Gasteiger partial charge on any atom is -0.329 e. The third-order valence-electron chi connectivity index (χ3n) is 4.86. The van der Waals surface area contributed by atoms with Crippen LogP contribution in [0.15, 0.2) is 51.8 Å². The van der Waals surface area contributed by atoms with Gasteiger partial charge in [-0.05, 0) is 65.5 Å². The maximum Gasteiger partial charge on any atom is 0.255 e. The van der Waals surface area contributed by atoms with Crippen LogP contribution >= 0.6 is 27.3 Å². The zero-order valence-electron chi connectivity index (χ0n) is 14.8. The van der Waals surface area contributed by atoms with Gasteiger partial charge in [0.15, 0.2) is 0 Å². The van der Waals surface area contributed by atoms with Gasteiger partial charge in [0.25, 0.3) is 5.91 Å². The summed E-state index contributed by atoms with van der Waals surface area (Å²) in [5, 5.41) is 6.15. The van der Waals surface area contributed by atoms with Gasteiger partial charge in [-0.2, -0.15) is 0 Å². The van der Waals surface area contributed by atoms with E-state index in [2.05, 4.69) is 15.9 Å². The van der Waals surface area contributed by atoms with Gasteiger partial charge < -0.3 is 4.90 Å². The van der Waals surface area contributed by atoms with Gasteiger partial charge in [0.05, 0.1) is 26.7 Å². The molecule has 2 aromatic carbocycles. The Morgan fingerprint density at radius 3 is 2.75 bits per heavy atom. The van der Waals surface area contributed by atoms with E-state index in [0.29, 0.717) is 16.6 Å². The first-order valence-corrected chi connectivity index (χ1v) is 12.0. The fourth-order valence-corrected chi connectivity index (χ4v) is 5.54. The number of halogens is 1. The van der Waals surface area contributed by atoms with Crippen molar-refractivity contribution in [2.24, 2.45) is 5.14 Å². The average molecular weight is 480 g/mol. The van der Waals surface area contributed by atoms with E-state index in [-0.39, 0.29) is 16.8 Å². The Morgan fingerprint density at radius 2 is 2.00 bits per heavy atom. The predicted octanol–water partition coefficient (Wildman–Crippen LogP) is 4.07. The Bertz CT molecular complexity index is 1130. The van der Waals surface area contributed by atoms with Crippen molar-refractivity contribution in [2.75, 3.05) is 6.54 Å². The van der Waals surface area contributed by atoms with Crippen LogP contribution in [0.2, 0.25) is 0 Å². The number of hydrogen-bond acceptors (Lipinski definition) is 5. The largest absolute Gasteiger partial charge is 0.329 e. The summed E-state index contributed by atoms with van der Waals surface area (Å²) >= 11 is 4.97. The Balaban J connectivity index is 1.73. The normalized spacial score (nSPS) is 17.8. The second kappa shape index (κ2) is 7.55. The van der Waals surface area contributed by atoms with E-state index in [1.54, 1.807) is 22.3 Å². The average Bonchev–Trinajstić information content (AvgIpc) is 3.11.